The number of sulfonamides is 1. The van der Waals surface area contributed by atoms with Crippen molar-refractivity contribution in [1.82, 2.24) is 4.72 Å². The van der Waals surface area contributed by atoms with E-state index in [9.17, 15) is 8.42 Å². The first-order chi connectivity index (χ1) is 11.5. The van der Waals surface area contributed by atoms with Gasteiger partial charge in [0.05, 0.1) is 4.34 Å². The fourth-order valence-electron chi connectivity index (χ4n) is 2.87. The normalized spacial score (nSPS) is 15.6. The summed E-state index contributed by atoms with van der Waals surface area (Å²) in [4.78, 5) is 2.41. The Bertz CT molecular complexity index is 766. The predicted octanol–water partition coefficient (Wildman–Crippen LogP) is 3.91. The van der Waals surface area contributed by atoms with E-state index in [0.717, 1.165) is 30.0 Å². The maximum absolute atomic E-state index is 12.1. The molecule has 0 bridgehead atoms. The molecule has 4 nitrogen and oxygen atoms in total. The number of anilines is 1. The Morgan fingerprint density at radius 2 is 1.75 bits per heavy atom. The molecule has 0 amide bonds. The van der Waals surface area contributed by atoms with Gasteiger partial charge in [0.25, 0.3) is 0 Å². The predicted molar refractivity (Wildman–Crippen MR) is 101 cm³/mol. The van der Waals surface area contributed by atoms with E-state index in [1.54, 1.807) is 6.07 Å². The van der Waals surface area contributed by atoms with Crippen molar-refractivity contribution in [2.24, 2.45) is 0 Å². The highest BCUT2D eigenvalue weighted by Crippen LogP contribution is 2.25. The molecule has 0 unspecified atom stereocenters. The van der Waals surface area contributed by atoms with Crippen LogP contribution < -0.4 is 9.62 Å². The van der Waals surface area contributed by atoms with Crippen molar-refractivity contribution in [3.63, 3.8) is 0 Å². The second-order valence-electron chi connectivity index (χ2n) is 5.92. The number of hydrogen-bond acceptors (Lipinski definition) is 4. The molecule has 3 rings (SSSR count). The summed E-state index contributed by atoms with van der Waals surface area (Å²) in [5.74, 6) is 0. The molecule has 1 fully saturated rings. The van der Waals surface area contributed by atoms with Crippen LogP contribution in [0, 0.1) is 0 Å². The van der Waals surface area contributed by atoms with Crippen molar-refractivity contribution < 1.29 is 8.42 Å². The number of hydrogen-bond donors (Lipinski definition) is 1. The van der Waals surface area contributed by atoms with Gasteiger partial charge in [-0.3, -0.25) is 0 Å². The molecule has 130 valence electrons. The summed E-state index contributed by atoms with van der Waals surface area (Å²) in [7, 11) is -3.46. The summed E-state index contributed by atoms with van der Waals surface area (Å²) in [6, 6.07) is 11.6. The van der Waals surface area contributed by atoms with Gasteiger partial charge in [0.1, 0.15) is 4.21 Å². The van der Waals surface area contributed by atoms with Crippen LogP contribution in [0.4, 0.5) is 5.69 Å². The number of nitrogens with zero attached hydrogens (tertiary/aromatic N) is 1. The quantitative estimate of drug-likeness (QED) is 0.821. The highest BCUT2D eigenvalue weighted by molar-refractivity contribution is 7.91. The number of nitrogens with one attached hydrogen (secondary N) is 1. The summed E-state index contributed by atoms with van der Waals surface area (Å²) < 4.78 is 27.6. The molecule has 1 aliphatic heterocycles. The lowest BCUT2D eigenvalue weighted by molar-refractivity contribution is 0.578. The number of halogens is 1. The number of thiophene rings is 1. The van der Waals surface area contributed by atoms with Crippen LogP contribution >= 0.6 is 22.9 Å². The van der Waals surface area contributed by atoms with Gasteiger partial charge in [-0.25, -0.2) is 13.1 Å². The van der Waals surface area contributed by atoms with E-state index in [-0.39, 0.29) is 4.21 Å². The molecule has 0 spiro atoms. The fraction of sp³-hybridized carbons (Fsp3) is 0.412. The topological polar surface area (TPSA) is 49.4 Å². The zero-order valence-electron chi connectivity index (χ0n) is 13.4. The van der Waals surface area contributed by atoms with E-state index in [2.05, 4.69) is 33.9 Å². The lowest BCUT2D eigenvalue weighted by Crippen LogP contribution is -2.29. The summed E-state index contributed by atoms with van der Waals surface area (Å²) in [6.07, 6.45) is 4.51. The first-order valence-electron chi connectivity index (χ1n) is 8.13. The lowest BCUT2D eigenvalue weighted by atomic mass is 10.1. The molecule has 0 atom stereocenters. The minimum atomic E-state index is -3.46. The molecule has 1 aromatic carbocycles. The van der Waals surface area contributed by atoms with Crippen molar-refractivity contribution in [1.29, 1.82) is 0 Å². The zero-order chi connectivity index (χ0) is 17.0. The zero-order valence-corrected chi connectivity index (χ0v) is 15.8. The van der Waals surface area contributed by atoms with Gasteiger partial charge in [-0.15, -0.1) is 11.3 Å². The molecule has 2 aromatic rings. The minimum absolute atomic E-state index is 0.257. The molecule has 7 heteroatoms. The second kappa shape index (κ2) is 7.87. The van der Waals surface area contributed by atoms with E-state index in [0.29, 0.717) is 17.3 Å². The molecule has 0 aliphatic carbocycles. The monoisotopic (exact) mass is 384 g/mol. The fourth-order valence-corrected chi connectivity index (χ4v) is 5.43. The van der Waals surface area contributed by atoms with Gasteiger partial charge in [0.2, 0.25) is 10.0 Å². The smallest absolute Gasteiger partial charge is 0.250 e. The van der Waals surface area contributed by atoms with Crippen molar-refractivity contribution in [2.45, 2.75) is 29.9 Å². The lowest BCUT2D eigenvalue weighted by Gasteiger charge is -2.28. The molecular formula is C17H21ClN2O2S2. The first kappa shape index (κ1) is 17.7. The second-order valence-corrected chi connectivity index (χ2v) is 9.63. The average molecular weight is 385 g/mol. The molecule has 0 radical (unpaired) electrons. The van der Waals surface area contributed by atoms with E-state index < -0.39 is 10.0 Å². The maximum atomic E-state index is 12.1. The largest absolute Gasteiger partial charge is 0.372 e. The van der Waals surface area contributed by atoms with Crippen LogP contribution in [0.15, 0.2) is 40.6 Å². The number of piperidine rings is 1. The summed E-state index contributed by atoms with van der Waals surface area (Å²) in [5.41, 5.74) is 2.38. The number of rotatable bonds is 6. The van der Waals surface area contributed by atoms with Gasteiger partial charge in [-0.05, 0) is 55.5 Å². The Balaban J connectivity index is 1.53. The van der Waals surface area contributed by atoms with Crippen LogP contribution in [0.3, 0.4) is 0 Å². The minimum Gasteiger partial charge on any atom is -0.372 e. The van der Waals surface area contributed by atoms with Crippen molar-refractivity contribution >= 4 is 38.6 Å². The molecule has 1 aliphatic rings. The first-order valence-corrected chi connectivity index (χ1v) is 10.8. The summed E-state index contributed by atoms with van der Waals surface area (Å²) in [5, 5.41) is 0. The van der Waals surface area contributed by atoms with Crippen LogP contribution in [-0.4, -0.2) is 28.1 Å². The molecule has 1 aromatic heterocycles. The third-order valence-electron chi connectivity index (χ3n) is 4.18. The molecule has 1 N–H and O–H groups in total. The third kappa shape index (κ3) is 4.51. The van der Waals surface area contributed by atoms with E-state index >= 15 is 0 Å². The van der Waals surface area contributed by atoms with Gasteiger partial charge in [0, 0.05) is 25.3 Å². The Morgan fingerprint density at radius 3 is 2.38 bits per heavy atom. The van der Waals surface area contributed by atoms with Gasteiger partial charge < -0.3 is 4.90 Å². The van der Waals surface area contributed by atoms with Crippen LogP contribution in [-0.2, 0) is 16.4 Å². The summed E-state index contributed by atoms with van der Waals surface area (Å²) in [6.45, 7) is 2.63. The maximum Gasteiger partial charge on any atom is 0.250 e. The Labute approximate surface area is 152 Å². The van der Waals surface area contributed by atoms with Crippen LogP contribution in [0.1, 0.15) is 24.8 Å². The molecular weight excluding hydrogens is 364 g/mol. The van der Waals surface area contributed by atoms with Crippen LogP contribution in [0.5, 0.6) is 0 Å². The Hall–Kier alpha value is -1.08. The molecule has 2 heterocycles. The molecule has 1 saturated heterocycles. The Morgan fingerprint density at radius 1 is 1.04 bits per heavy atom. The van der Waals surface area contributed by atoms with Crippen molar-refractivity contribution in [3.8, 4) is 0 Å². The summed E-state index contributed by atoms with van der Waals surface area (Å²) >= 11 is 6.87. The van der Waals surface area contributed by atoms with Gasteiger partial charge >= 0.3 is 0 Å². The van der Waals surface area contributed by atoms with Gasteiger partial charge in [-0.1, -0.05) is 23.7 Å². The van der Waals surface area contributed by atoms with E-state index in [1.165, 1.54) is 31.0 Å². The average Bonchev–Trinajstić information content (AvgIpc) is 3.04. The highest BCUT2D eigenvalue weighted by atomic mass is 35.5. The van der Waals surface area contributed by atoms with E-state index in [4.69, 9.17) is 11.6 Å². The van der Waals surface area contributed by atoms with Crippen LogP contribution in [0.2, 0.25) is 4.34 Å². The van der Waals surface area contributed by atoms with Gasteiger partial charge in [0.15, 0.2) is 0 Å². The third-order valence-corrected chi connectivity index (χ3v) is 7.36. The number of benzene rings is 1. The van der Waals surface area contributed by atoms with Crippen molar-refractivity contribution in [2.75, 3.05) is 24.5 Å². The molecule has 24 heavy (non-hydrogen) atoms. The van der Waals surface area contributed by atoms with Crippen molar-refractivity contribution in [3.05, 3.63) is 46.3 Å². The van der Waals surface area contributed by atoms with E-state index in [1.807, 2.05) is 0 Å². The molecule has 0 saturated carbocycles. The Kier molecular flexibility index (Phi) is 5.81. The van der Waals surface area contributed by atoms with Gasteiger partial charge in [-0.2, -0.15) is 0 Å². The van der Waals surface area contributed by atoms with Crippen LogP contribution in [0.25, 0.3) is 0 Å². The highest BCUT2D eigenvalue weighted by Gasteiger charge is 2.16. The standard InChI is InChI=1S/C17H21ClN2O2S2/c18-16-8-9-17(23-16)24(21,22)19-11-10-14-4-6-15(7-5-14)20-12-2-1-3-13-20/h4-9,19H,1-3,10-13H2. The SMILES string of the molecule is O=S(=O)(NCCc1ccc(N2CCCCC2)cc1)c1ccc(Cl)s1.